The van der Waals surface area contributed by atoms with Crippen molar-refractivity contribution in [3.63, 3.8) is 0 Å². The third-order valence-electron chi connectivity index (χ3n) is 2.14. The summed E-state index contributed by atoms with van der Waals surface area (Å²) in [6.07, 6.45) is 2.74. The van der Waals surface area contributed by atoms with E-state index in [4.69, 9.17) is 0 Å². The number of allylic oxidation sites excluding steroid dienone is 1. The molecule has 92 valence electrons. The molecule has 0 unspecified atom stereocenters. The molecule has 0 radical (unpaired) electrons. The Hall–Kier alpha value is -0.891. The van der Waals surface area contributed by atoms with E-state index in [9.17, 15) is 9.90 Å². The number of Topliss-reactive ketones (excluding diaryl/α,β-unsaturated/α-hetero) is 1. The Labute approximate surface area is 109 Å². The third kappa shape index (κ3) is 4.47. The van der Waals surface area contributed by atoms with Gasteiger partial charge in [0.2, 0.25) is 0 Å². The number of hydrogen-bond acceptors (Lipinski definition) is 2. The SMILES string of the molecule is CC/C=C(/[Se]c1ccccc1)C(=O)C(C)(C)O. The first-order chi connectivity index (χ1) is 7.95. The molecule has 1 aromatic carbocycles. The molecular weight excluding hydrogens is 279 g/mol. The van der Waals surface area contributed by atoms with Crippen molar-refractivity contribution >= 4 is 25.2 Å². The van der Waals surface area contributed by atoms with Crippen LogP contribution in [0.15, 0.2) is 40.9 Å². The van der Waals surface area contributed by atoms with E-state index in [0.717, 1.165) is 15.4 Å². The number of rotatable bonds is 5. The molecule has 17 heavy (non-hydrogen) atoms. The number of aliphatic hydroxyl groups is 1. The van der Waals surface area contributed by atoms with E-state index in [-0.39, 0.29) is 20.7 Å². The molecule has 0 aliphatic rings. The predicted molar refractivity (Wildman–Crippen MR) is 71.5 cm³/mol. The second-order valence-electron chi connectivity index (χ2n) is 4.28. The zero-order valence-corrected chi connectivity index (χ0v) is 12.1. The quantitative estimate of drug-likeness (QED) is 0.663. The summed E-state index contributed by atoms with van der Waals surface area (Å²) in [6.45, 7) is 5.08. The van der Waals surface area contributed by atoms with Gasteiger partial charge in [-0.2, -0.15) is 0 Å². The summed E-state index contributed by atoms with van der Waals surface area (Å²) in [5.74, 6) is -0.164. The van der Waals surface area contributed by atoms with Crippen LogP contribution in [0.4, 0.5) is 0 Å². The maximum absolute atomic E-state index is 12.1. The van der Waals surface area contributed by atoms with E-state index in [0.29, 0.717) is 0 Å². The molecule has 0 amide bonds. The fraction of sp³-hybridized carbons (Fsp3) is 0.357. The molecule has 1 rings (SSSR count). The molecule has 0 aliphatic heterocycles. The molecule has 0 saturated carbocycles. The molecule has 0 bridgehead atoms. The van der Waals surface area contributed by atoms with Crippen LogP contribution in [0.1, 0.15) is 27.2 Å². The van der Waals surface area contributed by atoms with Gasteiger partial charge in [0.15, 0.2) is 0 Å². The van der Waals surface area contributed by atoms with Crippen LogP contribution in [-0.2, 0) is 4.79 Å². The summed E-state index contributed by atoms with van der Waals surface area (Å²) in [7, 11) is 0. The van der Waals surface area contributed by atoms with Crippen LogP contribution in [0.5, 0.6) is 0 Å². The number of ketones is 1. The topological polar surface area (TPSA) is 37.3 Å². The maximum atomic E-state index is 12.1. The monoisotopic (exact) mass is 298 g/mol. The fourth-order valence-corrected chi connectivity index (χ4v) is 3.67. The van der Waals surface area contributed by atoms with Crippen LogP contribution in [0.25, 0.3) is 0 Å². The first-order valence-corrected chi connectivity index (χ1v) is 7.36. The molecule has 1 aromatic rings. The average molecular weight is 297 g/mol. The number of benzene rings is 1. The minimum absolute atomic E-state index is 0.0334. The van der Waals surface area contributed by atoms with E-state index in [1.807, 2.05) is 43.3 Å². The summed E-state index contributed by atoms with van der Waals surface area (Å²) in [6, 6.07) is 9.92. The van der Waals surface area contributed by atoms with Crippen molar-refractivity contribution in [1.82, 2.24) is 0 Å². The molecule has 3 heteroatoms. The van der Waals surface area contributed by atoms with Crippen molar-refractivity contribution in [2.75, 3.05) is 0 Å². The molecule has 0 spiro atoms. The Morgan fingerprint density at radius 1 is 1.35 bits per heavy atom. The van der Waals surface area contributed by atoms with Crippen LogP contribution in [0, 0.1) is 0 Å². The van der Waals surface area contributed by atoms with Crippen molar-refractivity contribution < 1.29 is 9.90 Å². The van der Waals surface area contributed by atoms with E-state index < -0.39 is 5.60 Å². The van der Waals surface area contributed by atoms with E-state index >= 15 is 0 Å². The molecule has 0 aliphatic carbocycles. The Bertz CT molecular complexity index is 402. The zero-order chi connectivity index (χ0) is 12.9. The van der Waals surface area contributed by atoms with Crippen molar-refractivity contribution in [2.24, 2.45) is 0 Å². The van der Waals surface area contributed by atoms with Gasteiger partial charge in [0, 0.05) is 0 Å². The molecule has 2 nitrogen and oxygen atoms in total. The summed E-state index contributed by atoms with van der Waals surface area (Å²) in [4.78, 5) is 12.1. The Balaban J connectivity index is 2.90. The molecule has 0 aromatic heterocycles. The van der Waals surface area contributed by atoms with E-state index in [2.05, 4.69) is 0 Å². The molecule has 1 N–H and O–H groups in total. The predicted octanol–water partition coefficient (Wildman–Crippen LogP) is 1.65. The van der Waals surface area contributed by atoms with Crippen molar-refractivity contribution in [1.29, 1.82) is 0 Å². The van der Waals surface area contributed by atoms with Gasteiger partial charge in [0.25, 0.3) is 0 Å². The van der Waals surface area contributed by atoms with Gasteiger partial charge in [-0.3, -0.25) is 0 Å². The van der Waals surface area contributed by atoms with Crippen LogP contribution >= 0.6 is 0 Å². The van der Waals surface area contributed by atoms with Crippen LogP contribution < -0.4 is 4.46 Å². The zero-order valence-electron chi connectivity index (χ0n) is 10.4. The second kappa shape index (κ2) is 6.15. The second-order valence-corrected chi connectivity index (χ2v) is 6.62. The van der Waals surface area contributed by atoms with Crippen LogP contribution in [0.2, 0.25) is 0 Å². The molecule has 0 fully saturated rings. The van der Waals surface area contributed by atoms with Crippen LogP contribution in [-0.4, -0.2) is 31.4 Å². The minimum atomic E-state index is -1.28. The number of carbonyl (C=O) groups excluding carboxylic acids is 1. The van der Waals surface area contributed by atoms with Crippen molar-refractivity contribution in [3.05, 3.63) is 40.9 Å². The van der Waals surface area contributed by atoms with Crippen molar-refractivity contribution in [3.8, 4) is 0 Å². The fourth-order valence-electron chi connectivity index (χ4n) is 1.28. The first-order valence-electron chi connectivity index (χ1n) is 5.65. The van der Waals surface area contributed by atoms with Gasteiger partial charge < -0.3 is 0 Å². The molecular formula is C14H18O2Se. The average Bonchev–Trinajstić information content (AvgIpc) is 2.28. The molecule has 0 saturated heterocycles. The normalized spacial score (nSPS) is 12.6. The van der Waals surface area contributed by atoms with Gasteiger partial charge in [0.1, 0.15) is 0 Å². The summed E-state index contributed by atoms with van der Waals surface area (Å²) in [5.41, 5.74) is -1.28. The molecule has 0 heterocycles. The third-order valence-corrected chi connectivity index (χ3v) is 4.41. The van der Waals surface area contributed by atoms with Gasteiger partial charge in [-0.05, 0) is 0 Å². The summed E-state index contributed by atoms with van der Waals surface area (Å²) < 4.78 is 1.90. The van der Waals surface area contributed by atoms with Gasteiger partial charge in [0.05, 0.1) is 0 Å². The summed E-state index contributed by atoms with van der Waals surface area (Å²) >= 11 is -0.0334. The molecule has 0 atom stereocenters. The van der Waals surface area contributed by atoms with Gasteiger partial charge in [-0.25, -0.2) is 0 Å². The number of hydrogen-bond donors (Lipinski definition) is 1. The van der Waals surface area contributed by atoms with Gasteiger partial charge in [-0.15, -0.1) is 0 Å². The Morgan fingerprint density at radius 2 is 1.94 bits per heavy atom. The van der Waals surface area contributed by atoms with Gasteiger partial charge >= 0.3 is 109 Å². The van der Waals surface area contributed by atoms with Gasteiger partial charge in [-0.1, -0.05) is 0 Å². The summed E-state index contributed by atoms with van der Waals surface area (Å²) in [5, 5.41) is 9.78. The van der Waals surface area contributed by atoms with Crippen molar-refractivity contribution in [2.45, 2.75) is 32.8 Å². The first kappa shape index (κ1) is 14.2. The van der Waals surface area contributed by atoms with E-state index in [1.165, 1.54) is 0 Å². The Morgan fingerprint density at radius 3 is 2.41 bits per heavy atom. The van der Waals surface area contributed by atoms with Crippen LogP contribution in [0.3, 0.4) is 0 Å². The Kier molecular flexibility index (Phi) is 5.13. The number of carbonyl (C=O) groups is 1. The van der Waals surface area contributed by atoms with E-state index in [1.54, 1.807) is 13.8 Å². The standard InChI is InChI=1S/C14H18O2Se/c1-4-8-12(13(15)14(2,3)16)17-11-9-6-5-7-10-11/h5-10,16H,4H2,1-3H3/b12-8+.